The van der Waals surface area contributed by atoms with E-state index in [-0.39, 0.29) is 36.7 Å². The van der Waals surface area contributed by atoms with Crippen LogP contribution in [0.25, 0.3) is 0 Å². The van der Waals surface area contributed by atoms with Crippen LogP contribution in [0.5, 0.6) is 0 Å². The highest BCUT2D eigenvalue weighted by Gasteiger charge is 2.57. The van der Waals surface area contributed by atoms with Gasteiger partial charge in [0, 0.05) is 18.1 Å². The lowest BCUT2D eigenvalue weighted by Crippen LogP contribution is -2.74. The first-order chi connectivity index (χ1) is 14.3. The summed E-state index contributed by atoms with van der Waals surface area (Å²) in [7, 11) is 0. The van der Waals surface area contributed by atoms with Gasteiger partial charge in [-0.25, -0.2) is 4.79 Å². The first-order valence-electron chi connectivity index (χ1n) is 9.04. The molecule has 11 nitrogen and oxygen atoms in total. The Kier molecular flexibility index (Phi) is 7.08. The van der Waals surface area contributed by atoms with Crippen molar-refractivity contribution in [1.82, 2.24) is 25.7 Å². The van der Waals surface area contributed by atoms with Crippen molar-refractivity contribution in [1.29, 1.82) is 0 Å². The Morgan fingerprint density at radius 1 is 1.40 bits per heavy atom. The molecule has 2 saturated heterocycles. The van der Waals surface area contributed by atoms with E-state index in [9.17, 15) is 24.3 Å². The molecule has 1 aromatic rings. The van der Waals surface area contributed by atoms with Crippen LogP contribution in [0, 0.1) is 12.3 Å². The van der Waals surface area contributed by atoms with Crippen LogP contribution in [0.4, 0.5) is 4.79 Å². The third kappa shape index (κ3) is 4.81. The van der Waals surface area contributed by atoms with Crippen LogP contribution in [0.3, 0.4) is 0 Å². The molecule has 0 aliphatic carbocycles. The van der Waals surface area contributed by atoms with Gasteiger partial charge >= 0.3 is 18.0 Å². The van der Waals surface area contributed by atoms with Crippen molar-refractivity contribution < 1.29 is 29.0 Å². The molecule has 2 aliphatic heterocycles. The highest BCUT2D eigenvalue weighted by molar-refractivity contribution is 8.01. The lowest BCUT2D eigenvalue weighted by atomic mass is 9.89. The average Bonchev–Trinajstić information content (AvgIpc) is 3.14. The maximum absolute atomic E-state index is 12.5. The Bertz CT molecular complexity index is 851. The average molecular weight is 476 g/mol. The third-order valence-corrected chi connectivity index (χ3v) is 8.41. The number of hydrogen-bond acceptors (Lipinski definition) is 10. The van der Waals surface area contributed by atoms with Gasteiger partial charge in [0.15, 0.2) is 4.34 Å². The van der Waals surface area contributed by atoms with Crippen LogP contribution in [-0.4, -0.2) is 86.7 Å². The smallest absolute Gasteiger partial charge is 0.325 e. The molecule has 30 heavy (non-hydrogen) atoms. The van der Waals surface area contributed by atoms with Gasteiger partial charge < -0.3 is 25.4 Å². The minimum Gasteiger partial charge on any atom is -0.481 e. The Morgan fingerprint density at radius 2 is 2.17 bits per heavy atom. The highest BCUT2D eigenvalue weighted by Crippen LogP contribution is 2.44. The fourth-order valence-electron chi connectivity index (χ4n) is 3.00. The summed E-state index contributed by atoms with van der Waals surface area (Å²) in [5, 5.41) is 23.1. The summed E-state index contributed by atoms with van der Waals surface area (Å²) in [6.07, 6.45) is 0. The van der Waals surface area contributed by atoms with Crippen molar-refractivity contribution in [2.24, 2.45) is 5.41 Å². The number of fused-ring (bicyclic) bond motifs is 1. The molecule has 2 unspecified atom stereocenters. The Hall–Kier alpha value is -2.06. The number of carbonyl (C=O) groups excluding carboxylic acids is 3. The molecule has 3 atom stereocenters. The number of carbonyl (C=O) groups is 4. The zero-order chi connectivity index (χ0) is 21.9. The molecule has 0 radical (unpaired) electrons. The summed E-state index contributed by atoms with van der Waals surface area (Å²) in [5.74, 6) is -1.34. The lowest BCUT2D eigenvalue weighted by molar-refractivity contribution is -0.156. The van der Waals surface area contributed by atoms with E-state index in [0.717, 1.165) is 5.01 Å². The second kappa shape index (κ2) is 9.39. The van der Waals surface area contributed by atoms with Gasteiger partial charge in [-0.2, -0.15) is 0 Å². The molecule has 0 saturated carbocycles. The van der Waals surface area contributed by atoms with Gasteiger partial charge in [-0.1, -0.05) is 23.1 Å². The normalized spacial score (nSPS) is 25.1. The maximum Gasteiger partial charge on any atom is 0.325 e. The minimum atomic E-state index is -1.11. The molecule has 1 aromatic heterocycles. The number of carboxylic acid groups (broad SMARTS) is 1. The van der Waals surface area contributed by atoms with E-state index in [2.05, 4.69) is 20.8 Å². The standard InChI is InChI=1S/C16H21N5O6S3/c1-3-27-9(22)4-17-14(26)18-10-11(23)21-5-16(13(24)25,6-28-12(10)21)7-29-15-20-19-8(2)30-15/h10,12H,3-7H2,1-2H3,(H,24,25)(H2,17,18,26)/t10?,12-,16?/m1/s1. The lowest BCUT2D eigenvalue weighted by Gasteiger charge is -2.53. The molecule has 3 rings (SSSR count). The quantitative estimate of drug-likeness (QED) is 0.269. The van der Waals surface area contributed by atoms with Gasteiger partial charge in [-0.3, -0.25) is 14.4 Å². The second-order valence-corrected chi connectivity index (χ2v) is 10.2. The number of amides is 3. The van der Waals surface area contributed by atoms with Crippen molar-refractivity contribution in [3.05, 3.63) is 5.01 Å². The van der Waals surface area contributed by atoms with Crippen LogP contribution in [0.15, 0.2) is 4.34 Å². The van der Waals surface area contributed by atoms with E-state index in [4.69, 9.17) is 4.74 Å². The summed E-state index contributed by atoms with van der Waals surface area (Å²) < 4.78 is 5.41. The number of β-lactam (4-membered cyclic amide) rings is 1. The molecule has 2 aliphatic rings. The Morgan fingerprint density at radius 3 is 2.80 bits per heavy atom. The summed E-state index contributed by atoms with van der Waals surface area (Å²) in [6, 6.07) is -1.42. The number of aryl methyl sites for hydroxylation is 1. The van der Waals surface area contributed by atoms with E-state index in [0.29, 0.717) is 10.1 Å². The number of nitrogens with zero attached hydrogens (tertiary/aromatic N) is 3. The summed E-state index contributed by atoms with van der Waals surface area (Å²) in [4.78, 5) is 49.3. The molecule has 0 bridgehead atoms. The van der Waals surface area contributed by atoms with Crippen LogP contribution in [-0.2, 0) is 19.1 Å². The van der Waals surface area contributed by atoms with Crippen molar-refractivity contribution in [2.75, 3.05) is 31.2 Å². The van der Waals surface area contributed by atoms with Crippen molar-refractivity contribution in [3.8, 4) is 0 Å². The van der Waals surface area contributed by atoms with E-state index in [1.807, 2.05) is 6.92 Å². The molecule has 2 fully saturated rings. The van der Waals surface area contributed by atoms with Gasteiger partial charge in [0.05, 0.1) is 6.61 Å². The predicted octanol–water partition coefficient (Wildman–Crippen LogP) is 0.156. The SMILES string of the molecule is CCOC(=O)CNC(=O)NC1C(=O)N2CC(CSc3nnc(C)s3)(C(=O)O)CS[C@H]12. The van der Waals surface area contributed by atoms with E-state index in [1.165, 1.54) is 39.8 Å². The monoisotopic (exact) mass is 475 g/mol. The number of carboxylic acids is 1. The van der Waals surface area contributed by atoms with Crippen LogP contribution in [0.2, 0.25) is 0 Å². The zero-order valence-electron chi connectivity index (χ0n) is 16.2. The van der Waals surface area contributed by atoms with Gasteiger partial charge in [-0.15, -0.1) is 22.0 Å². The van der Waals surface area contributed by atoms with Crippen molar-refractivity contribution in [3.63, 3.8) is 0 Å². The molecule has 3 N–H and O–H groups in total. The topological polar surface area (TPSA) is 151 Å². The predicted molar refractivity (Wildman–Crippen MR) is 110 cm³/mol. The largest absolute Gasteiger partial charge is 0.481 e. The number of ether oxygens (including phenoxy) is 1. The first kappa shape index (κ1) is 22.6. The Labute approximate surface area is 184 Å². The minimum absolute atomic E-state index is 0.0618. The van der Waals surface area contributed by atoms with Gasteiger partial charge in [0.1, 0.15) is 28.4 Å². The molecule has 164 valence electrons. The zero-order valence-corrected chi connectivity index (χ0v) is 18.7. The van der Waals surface area contributed by atoms with Gasteiger partial charge in [0.2, 0.25) is 5.91 Å². The second-order valence-electron chi connectivity index (χ2n) is 6.74. The summed E-state index contributed by atoms with van der Waals surface area (Å²) in [5.41, 5.74) is -1.11. The number of aromatic nitrogens is 2. The molecule has 0 spiro atoms. The van der Waals surface area contributed by atoms with Gasteiger partial charge in [0.25, 0.3) is 0 Å². The molecule has 3 amide bonds. The number of aliphatic carboxylic acids is 1. The van der Waals surface area contributed by atoms with E-state index in [1.54, 1.807) is 6.92 Å². The first-order valence-corrected chi connectivity index (χ1v) is 11.9. The van der Waals surface area contributed by atoms with Crippen molar-refractivity contribution >= 4 is 58.7 Å². The fourth-order valence-corrected chi connectivity index (χ4v) is 6.68. The number of hydrogen-bond donors (Lipinski definition) is 3. The van der Waals surface area contributed by atoms with Crippen LogP contribution in [0.1, 0.15) is 11.9 Å². The number of urea groups is 1. The third-order valence-electron chi connectivity index (χ3n) is 4.56. The molecule has 3 heterocycles. The van der Waals surface area contributed by atoms with E-state index < -0.39 is 29.4 Å². The highest BCUT2D eigenvalue weighted by atomic mass is 32.2. The number of thioether (sulfide) groups is 2. The molecule has 0 aromatic carbocycles. The van der Waals surface area contributed by atoms with Gasteiger partial charge in [-0.05, 0) is 13.8 Å². The van der Waals surface area contributed by atoms with Crippen molar-refractivity contribution in [2.45, 2.75) is 29.6 Å². The summed E-state index contributed by atoms with van der Waals surface area (Å²) >= 11 is 4.03. The number of nitrogens with one attached hydrogen (secondary N) is 2. The number of esters is 1. The summed E-state index contributed by atoms with van der Waals surface area (Å²) in [6.45, 7) is 3.45. The Balaban J connectivity index is 1.55. The maximum atomic E-state index is 12.5. The van der Waals surface area contributed by atoms with Crippen LogP contribution < -0.4 is 10.6 Å². The molecular weight excluding hydrogens is 454 g/mol. The van der Waals surface area contributed by atoms with Crippen LogP contribution >= 0.6 is 34.9 Å². The molecular formula is C16H21N5O6S3. The van der Waals surface area contributed by atoms with E-state index >= 15 is 0 Å². The molecule has 14 heteroatoms. The number of rotatable bonds is 8. The fraction of sp³-hybridized carbons (Fsp3) is 0.625.